The van der Waals surface area contributed by atoms with Gasteiger partial charge in [-0.2, -0.15) is 0 Å². The average Bonchev–Trinajstić information content (AvgIpc) is 3.79. The number of aromatic nitrogens is 3. The third-order valence-corrected chi connectivity index (χ3v) is 11.8. The van der Waals surface area contributed by atoms with Gasteiger partial charge in [0, 0.05) is 37.7 Å². The van der Waals surface area contributed by atoms with Crippen molar-refractivity contribution < 1.29 is 0 Å². The summed E-state index contributed by atoms with van der Waals surface area (Å²) >= 11 is 1.77. The molecule has 0 aliphatic heterocycles. The Hall–Kier alpha value is -6.88. The van der Waals surface area contributed by atoms with Crippen molar-refractivity contribution in [2.24, 2.45) is 0 Å². The lowest BCUT2D eigenvalue weighted by Crippen LogP contribution is -1.94. The summed E-state index contributed by atoms with van der Waals surface area (Å²) in [5.41, 5.74) is 12.5. The third kappa shape index (κ3) is 5.03. The van der Waals surface area contributed by atoms with E-state index < -0.39 is 0 Å². The summed E-state index contributed by atoms with van der Waals surface area (Å²) in [5.74, 6) is 0.744. The number of thiophene rings is 1. The molecule has 0 fully saturated rings. The van der Waals surface area contributed by atoms with E-state index in [0.29, 0.717) is 0 Å². The van der Waals surface area contributed by atoms with Gasteiger partial charge in [0.2, 0.25) is 0 Å². The minimum absolute atomic E-state index is 0.744. The SMILES string of the molecule is c1ccc(-c2ccc3c(c2)c2ccccc2n3-c2ccc3cc(-c4ccc5sc6c(-c7ccccc7)nc(-c7ccccc7)nc6c5c4)ccc3c2)cc1. The predicted molar refractivity (Wildman–Crippen MR) is 229 cm³/mol. The van der Waals surface area contributed by atoms with Crippen LogP contribution in [-0.2, 0) is 0 Å². The predicted octanol–water partition coefficient (Wildman–Crippen LogP) is 13.8. The molecule has 0 unspecified atom stereocenters. The van der Waals surface area contributed by atoms with Gasteiger partial charge in [-0.1, -0.05) is 140 Å². The van der Waals surface area contributed by atoms with Gasteiger partial charge < -0.3 is 4.57 Å². The van der Waals surface area contributed by atoms with Crippen molar-refractivity contribution in [1.29, 1.82) is 0 Å². The number of fused-ring (bicyclic) bond motifs is 7. The van der Waals surface area contributed by atoms with Gasteiger partial charge >= 0.3 is 0 Å². The molecule has 0 radical (unpaired) electrons. The van der Waals surface area contributed by atoms with E-state index in [1.165, 1.54) is 59.5 Å². The van der Waals surface area contributed by atoms with Crippen molar-refractivity contribution in [2.45, 2.75) is 0 Å². The second-order valence-corrected chi connectivity index (χ2v) is 14.9. The molecule has 0 atom stereocenters. The van der Waals surface area contributed by atoms with E-state index in [1.54, 1.807) is 11.3 Å². The molecule has 3 aromatic heterocycles. The number of nitrogens with zero attached hydrogens (tertiary/aromatic N) is 3. The van der Waals surface area contributed by atoms with E-state index in [0.717, 1.165) is 43.9 Å². The van der Waals surface area contributed by atoms with Crippen molar-refractivity contribution in [3.8, 4) is 50.6 Å². The summed E-state index contributed by atoms with van der Waals surface area (Å²) in [7, 11) is 0. The van der Waals surface area contributed by atoms with Gasteiger partial charge in [-0.05, 0) is 81.6 Å². The lowest BCUT2D eigenvalue weighted by Gasteiger charge is -2.11. The first-order chi connectivity index (χ1) is 26.7. The maximum Gasteiger partial charge on any atom is 0.160 e. The fourth-order valence-electron chi connectivity index (χ4n) is 7.94. The lowest BCUT2D eigenvalue weighted by atomic mass is 9.99. The monoisotopic (exact) mass is 705 g/mol. The molecular weight excluding hydrogens is 675 g/mol. The number of rotatable bonds is 5. The Labute approximate surface area is 316 Å². The molecule has 11 rings (SSSR count). The highest BCUT2D eigenvalue weighted by Gasteiger charge is 2.18. The summed E-state index contributed by atoms with van der Waals surface area (Å²) in [6, 6.07) is 67.4. The van der Waals surface area contributed by atoms with E-state index >= 15 is 0 Å². The molecule has 0 amide bonds. The number of benzene rings is 8. The van der Waals surface area contributed by atoms with Crippen LogP contribution in [0, 0.1) is 0 Å². The fourth-order valence-corrected chi connectivity index (χ4v) is 9.08. The molecule has 8 aromatic carbocycles. The molecule has 0 saturated carbocycles. The molecule has 3 nitrogen and oxygen atoms in total. The Morgan fingerprint density at radius 2 is 0.981 bits per heavy atom. The Balaban J connectivity index is 1.02. The first-order valence-corrected chi connectivity index (χ1v) is 19.1. The van der Waals surface area contributed by atoms with Crippen LogP contribution in [0.5, 0.6) is 0 Å². The molecule has 0 N–H and O–H groups in total. The number of hydrogen-bond donors (Lipinski definition) is 0. The summed E-state index contributed by atoms with van der Waals surface area (Å²) in [6.07, 6.45) is 0. The van der Waals surface area contributed by atoms with Crippen molar-refractivity contribution >= 4 is 64.2 Å². The Bertz CT molecular complexity index is 3200. The van der Waals surface area contributed by atoms with Gasteiger partial charge in [0.1, 0.15) is 0 Å². The van der Waals surface area contributed by atoms with Crippen LogP contribution < -0.4 is 0 Å². The van der Waals surface area contributed by atoms with Crippen molar-refractivity contribution in [3.63, 3.8) is 0 Å². The number of para-hydroxylation sites is 1. The standard InChI is InChI=1S/C50H31N3S/c1-4-12-32(13-5-1)38-23-26-45-42(30-38)41-18-10-11-19-44(41)53(45)40-25-22-36-28-35(20-21-37(36)29-40)39-24-27-46-43(31-39)48-49(54-46)47(33-14-6-2-7-15-33)51-50(52-48)34-16-8-3-9-17-34/h1-31H. The molecule has 4 heteroatoms. The maximum absolute atomic E-state index is 5.20. The van der Waals surface area contributed by atoms with Crippen LogP contribution in [-0.4, -0.2) is 14.5 Å². The zero-order valence-corrected chi connectivity index (χ0v) is 30.0. The highest BCUT2D eigenvalue weighted by atomic mass is 32.1. The van der Waals surface area contributed by atoms with Crippen molar-refractivity contribution in [2.75, 3.05) is 0 Å². The summed E-state index contributed by atoms with van der Waals surface area (Å²) in [5, 5.41) is 6.09. The van der Waals surface area contributed by atoms with Crippen molar-refractivity contribution in [3.05, 3.63) is 188 Å². The van der Waals surface area contributed by atoms with Gasteiger partial charge in [-0.25, -0.2) is 9.97 Å². The first-order valence-electron chi connectivity index (χ1n) is 18.2. The molecule has 11 aromatic rings. The minimum atomic E-state index is 0.744. The van der Waals surface area contributed by atoms with Crippen LogP contribution in [0.2, 0.25) is 0 Å². The molecule has 252 valence electrons. The Morgan fingerprint density at radius 1 is 0.389 bits per heavy atom. The van der Waals surface area contributed by atoms with E-state index in [-0.39, 0.29) is 0 Å². The summed E-state index contributed by atoms with van der Waals surface area (Å²) in [6.45, 7) is 0. The second kappa shape index (κ2) is 12.4. The quantitative estimate of drug-likeness (QED) is 0.178. The van der Waals surface area contributed by atoms with Crippen LogP contribution in [0.3, 0.4) is 0 Å². The van der Waals surface area contributed by atoms with E-state index in [2.05, 4.69) is 168 Å². The molecule has 3 heterocycles. The first kappa shape index (κ1) is 30.7. The average molecular weight is 706 g/mol. The Kier molecular flexibility index (Phi) is 7.04. The highest BCUT2D eigenvalue weighted by Crippen LogP contribution is 2.41. The summed E-state index contributed by atoms with van der Waals surface area (Å²) < 4.78 is 4.72. The minimum Gasteiger partial charge on any atom is -0.309 e. The molecule has 0 saturated heterocycles. The van der Waals surface area contributed by atoms with Crippen LogP contribution in [0.15, 0.2) is 188 Å². The van der Waals surface area contributed by atoms with Gasteiger partial charge in [-0.3, -0.25) is 0 Å². The zero-order chi connectivity index (χ0) is 35.6. The van der Waals surface area contributed by atoms with E-state index in [9.17, 15) is 0 Å². The van der Waals surface area contributed by atoms with Crippen LogP contribution in [0.25, 0.3) is 103 Å². The zero-order valence-electron chi connectivity index (χ0n) is 29.1. The van der Waals surface area contributed by atoms with Crippen LogP contribution in [0.4, 0.5) is 0 Å². The maximum atomic E-state index is 5.20. The number of hydrogen-bond acceptors (Lipinski definition) is 3. The topological polar surface area (TPSA) is 30.7 Å². The second-order valence-electron chi connectivity index (χ2n) is 13.8. The molecule has 0 aliphatic rings. The smallest absolute Gasteiger partial charge is 0.160 e. The molecule has 0 spiro atoms. The fraction of sp³-hybridized carbons (Fsp3) is 0. The van der Waals surface area contributed by atoms with E-state index in [4.69, 9.17) is 9.97 Å². The van der Waals surface area contributed by atoms with Gasteiger partial charge in [-0.15, -0.1) is 11.3 Å². The van der Waals surface area contributed by atoms with Gasteiger partial charge in [0.05, 0.1) is 26.9 Å². The molecule has 54 heavy (non-hydrogen) atoms. The summed E-state index contributed by atoms with van der Waals surface area (Å²) in [4.78, 5) is 10.3. The largest absolute Gasteiger partial charge is 0.309 e. The van der Waals surface area contributed by atoms with Gasteiger partial charge in [0.25, 0.3) is 0 Å². The normalized spacial score (nSPS) is 11.7. The Morgan fingerprint density at radius 3 is 1.80 bits per heavy atom. The highest BCUT2D eigenvalue weighted by molar-refractivity contribution is 7.26. The van der Waals surface area contributed by atoms with Gasteiger partial charge in [0.15, 0.2) is 5.82 Å². The molecule has 0 aliphatic carbocycles. The molecule has 0 bridgehead atoms. The van der Waals surface area contributed by atoms with E-state index in [1.807, 2.05) is 24.3 Å². The third-order valence-electron chi connectivity index (χ3n) is 10.6. The molecular formula is C50H31N3S. The van der Waals surface area contributed by atoms with Crippen molar-refractivity contribution in [1.82, 2.24) is 14.5 Å². The van der Waals surface area contributed by atoms with Crippen LogP contribution >= 0.6 is 11.3 Å². The lowest BCUT2D eigenvalue weighted by molar-refractivity contribution is 1.19. The van der Waals surface area contributed by atoms with Crippen LogP contribution in [0.1, 0.15) is 0 Å².